The van der Waals surface area contributed by atoms with Crippen molar-refractivity contribution in [2.24, 2.45) is 4.99 Å². The van der Waals surface area contributed by atoms with Crippen LogP contribution in [0.5, 0.6) is 0 Å². The normalized spacial score (nSPS) is 15.2. The van der Waals surface area contributed by atoms with Gasteiger partial charge in [-0.15, -0.1) is 0 Å². The SMILES string of the molecule is O=C1OC(c2ccc3ccccc3c2)=N/C1=C/C=C/c1ccc([N+](=O)[O-])cc1. The van der Waals surface area contributed by atoms with Crippen molar-refractivity contribution >= 4 is 34.4 Å². The molecule has 0 radical (unpaired) electrons. The third-order valence-corrected chi connectivity index (χ3v) is 4.26. The highest BCUT2D eigenvalue weighted by atomic mass is 16.6. The average Bonchev–Trinajstić information content (AvgIpc) is 3.08. The molecule has 3 aromatic carbocycles. The minimum absolute atomic E-state index is 0.0273. The molecule has 3 aromatic rings. The summed E-state index contributed by atoms with van der Waals surface area (Å²) in [6.07, 6.45) is 4.94. The number of esters is 1. The van der Waals surface area contributed by atoms with Crippen molar-refractivity contribution in [1.29, 1.82) is 0 Å². The van der Waals surface area contributed by atoms with Gasteiger partial charge in [0.05, 0.1) is 4.92 Å². The fourth-order valence-corrected chi connectivity index (χ4v) is 2.83. The van der Waals surface area contributed by atoms with Crippen LogP contribution in [0, 0.1) is 10.1 Å². The van der Waals surface area contributed by atoms with Crippen LogP contribution in [0.15, 0.2) is 89.6 Å². The predicted octanol–water partition coefficient (Wildman–Crippen LogP) is 4.65. The highest BCUT2D eigenvalue weighted by molar-refractivity contribution is 6.12. The molecule has 0 aromatic heterocycles. The summed E-state index contributed by atoms with van der Waals surface area (Å²) in [4.78, 5) is 26.6. The summed E-state index contributed by atoms with van der Waals surface area (Å²) < 4.78 is 5.29. The Hall–Kier alpha value is -4.06. The molecule has 6 nitrogen and oxygen atoms in total. The smallest absolute Gasteiger partial charge is 0.363 e. The minimum Gasteiger partial charge on any atom is -0.402 e. The third kappa shape index (κ3) is 3.57. The number of aliphatic imine (C=N–C) groups is 1. The second kappa shape index (κ2) is 7.28. The zero-order valence-electron chi connectivity index (χ0n) is 14.6. The number of nitro benzene ring substituents is 1. The monoisotopic (exact) mass is 370 g/mol. The van der Waals surface area contributed by atoms with Gasteiger partial charge in [-0.05, 0) is 46.7 Å². The molecule has 1 aliphatic rings. The first-order valence-corrected chi connectivity index (χ1v) is 8.53. The van der Waals surface area contributed by atoms with Gasteiger partial charge in [0.15, 0.2) is 5.70 Å². The summed E-state index contributed by atoms with van der Waals surface area (Å²) in [5.74, 6) is -0.248. The van der Waals surface area contributed by atoms with E-state index in [9.17, 15) is 14.9 Å². The van der Waals surface area contributed by atoms with Gasteiger partial charge >= 0.3 is 5.97 Å². The van der Waals surface area contributed by atoms with Gasteiger partial charge in [-0.3, -0.25) is 10.1 Å². The topological polar surface area (TPSA) is 81.8 Å². The number of hydrogen-bond acceptors (Lipinski definition) is 5. The molecule has 0 fully saturated rings. The lowest BCUT2D eigenvalue weighted by molar-refractivity contribution is -0.384. The maximum absolute atomic E-state index is 12.1. The summed E-state index contributed by atoms with van der Waals surface area (Å²) in [6.45, 7) is 0. The molecule has 0 bridgehead atoms. The molecule has 1 aliphatic heterocycles. The van der Waals surface area contributed by atoms with Crippen molar-refractivity contribution in [2.75, 3.05) is 0 Å². The number of rotatable bonds is 4. The van der Waals surface area contributed by atoms with E-state index in [4.69, 9.17) is 4.74 Å². The molecule has 28 heavy (non-hydrogen) atoms. The number of nitrogens with zero attached hydrogens (tertiary/aromatic N) is 2. The zero-order chi connectivity index (χ0) is 19.5. The number of benzene rings is 3. The molecule has 136 valence electrons. The largest absolute Gasteiger partial charge is 0.402 e. The Labute approximate surface area is 160 Å². The van der Waals surface area contributed by atoms with Crippen LogP contribution in [-0.2, 0) is 9.53 Å². The second-order valence-corrected chi connectivity index (χ2v) is 6.13. The van der Waals surface area contributed by atoms with E-state index in [1.807, 2.05) is 42.5 Å². The number of carbonyl (C=O) groups excluding carboxylic acids is 1. The summed E-state index contributed by atoms with van der Waals surface area (Å²) in [7, 11) is 0. The molecule has 0 atom stereocenters. The fourth-order valence-electron chi connectivity index (χ4n) is 2.83. The maximum atomic E-state index is 12.1. The maximum Gasteiger partial charge on any atom is 0.363 e. The van der Waals surface area contributed by atoms with E-state index in [2.05, 4.69) is 4.99 Å². The molecule has 6 heteroatoms. The van der Waals surface area contributed by atoms with E-state index < -0.39 is 10.9 Å². The van der Waals surface area contributed by atoms with E-state index in [0.717, 1.165) is 21.9 Å². The van der Waals surface area contributed by atoms with Crippen molar-refractivity contribution in [3.05, 3.63) is 106 Å². The number of cyclic esters (lactones) is 1. The van der Waals surface area contributed by atoms with Crippen molar-refractivity contribution in [3.8, 4) is 0 Å². The van der Waals surface area contributed by atoms with E-state index in [0.29, 0.717) is 0 Å². The van der Waals surface area contributed by atoms with E-state index in [1.54, 1.807) is 30.4 Å². The van der Waals surface area contributed by atoms with Gasteiger partial charge in [0.2, 0.25) is 5.90 Å². The van der Waals surface area contributed by atoms with E-state index >= 15 is 0 Å². The highest BCUT2D eigenvalue weighted by Gasteiger charge is 2.23. The summed E-state index contributed by atoms with van der Waals surface area (Å²) >= 11 is 0. The molecule has 0 amide bonds. The number of allylic oxidation sites excluding steroid dienone is 2. The molecule has 0 N–H and O–H groups in total. The summed E-state index contributed by atoms with van der Waals surface area (Å²) in [5.41, 5.74) is 1.73. The Morgan fingerprint density at radius 1 is 0.964 bits per heavy atom. The number of non-ortho nitro benzene ring substituents is 1. The van der Waals surface area contributed by atoms with Gasteiger partial charge in [0, 0.05) is 17.7 Å². The molecular formula is C22H14N2O4. The van der Waals surface area contributed by atoms with Crippen LogP contribution in [0.1, 0.15) is 11.1 Å². The lowest BCUT2D eigenvalue weighted by atomic mass is 10.1. The standard InChI is InChI=1S/C22H14N2O4/c25-22-20(7-3-4-15-8-12-19(13-9-15)24(26)27)23-21(28-22)18-11-10-16-5-1-2-6-17(16)14-18/h1-14H/b4-3+,20-7+. The second-order valence-electron chi connectivity index (χ2n) is 6.13. The molecule has 0 saturated carbocycles. The minimum atomic E-state index is -0.517. The van der Waals surface area contributed by atoms with Gasteiger partial charge < -0.3 is 4.74 Å². The third-order valence-electron chi connectivity index (χ3n) is 4.26. The van der Waals surface area contributed by atoms with Gasteiger partial charge in [-0.1, -0.05) is 42.5 Å². The Kier molecular flexibility index (Phi) is 4.51. The molecular weight excluding hydrogens is 356 g/mol. The Morgan fingerprint density at radius 2 is 1.71 bits per heavy atom. The molecule has 1 heterocycles. The number of carbonyl (C=O) groups is 1. The van der Waals surface area contributed by atoms with Crippen LogP contribution in [0.25, 0.3) is 16.8 Å². The van der Waals surface area contributed by atoms with Crippen LogP contribution >= 0.6 is 0 Å². The lowest BCUT2D eigenvalue weighted by Gasteiger charge is -2.02. The first-order valence-electron chi connectivity index (χ1n) is 8.53. The predicted molar refractivity (Wildman–Crippen MR) is 107 cm³/mol. The van der Waals surface area contributed by atoms with Crippen LogP contribution in [0.2, 0.25) is 0 Å². The molecule has 0 spiro atoms. The van der Waals surface area contributed by atoms with Crippen molar-refractivity contribution in [1.82, 2.24) is 0 Å². The van der Waals surface area contributed by atoms with Gasteiger partial charge in [0.1, 0.15) is 0 Å². The highest BCUT2D eigenvalue weighted by Crippen LogP contribution is 2.21. The Balaban J connectivity index is 1.55. The molecule has 0 saturated heterocycles. The Bertz CT molecular complexity index is 1170. The number of ether oxygens (including phenoxy) is 1. The van der Waals surface area contributed by atoms with Crippen LogP contribution in [-0.4, -0.2) is 16.8 Å². The Morgan fingerprint density at radius 3 is 2.46 bits per heavy atom. The number of nitro groups is 1. The van der Waals surface area contributed by atoms with Crippen LogP contribution in [0.3, 0.4) is 0 Å². The van der Waals surface area contributed by atoms with Crippen molar-refractivity contribution in [3.63, 3.8) is 0 Å². The van der Waals surface area contributed by atoms with Gasteiger partial charge in [0.25, 0.3) is 5.69 Å². The van der Waals surface area contributed by atoms with Gasteiger partial charge in [-0.2, -0.15) is 0 Å². The number of fused-ring (bicyclic) bond motifs is 1. The van der Waals surface area contributed by atoms with Crippen LogP contribution in [0.4, 0.5) is 5.69 Å². The zero-order valence-corrected chi connectivity index (χ0v) is 14.6. The lowest BCUT2D eigenvalue weighted by Crippen LogP contribution is -2.05. The van der Waals surface area contributed by atoms with Crippen molar-refractivity contribution < 1.29 is 14.5 Å². The van der Waals surface area contributed by atoms with E-state index in [1.165, 1.54) is 12.1 Å². The summed E-state index contributed by atoms with van der Waals surface area (Å²) in [5, 5.41) is 12.8. The van der Waals surface area contributed by atoms with Crippen molar-refractivity contribution in [2.45, 2.75) is 0 Å². The molecule has 4 rings (SSSR count). The average molecular weight is 370 g/mol. The van der Waals surface area contributed by atoms with Gasteiger partial charge in [-0.25, -0.2) is 9.79 Å². The van der Waals surface area contributed by atoms with E-state index in [-0.39, 0.29) is 17.3 Å². The number of hydrogen-bond donors (Lipinski definition) is 0. The first-order chi connectivity index (χ1) is 13.6. The molecule has 0 aliphatic carbocycles. The fraction of sp³-hybridized carbons (Fsp3) is 0. The first kappa shape index (κ1) is 17.4. The molecule has 0 unspecified atom stereocenters. The quantitative estimate of drug-likeness (QED) is 0.290. The summed E-state index contributed by atoms with van der Waals surface area (Å²) in [6, 6.07) is 19.8. The van der Waals surface area contributed by atoms with Crippen LogP contribution < -0.4 is 0 Å².